The molecule has 1 spiro atoms. The van der Waals surface area contributed by atoms with Crippen LogP contribution in [0.5, 0.6) is 0 Å². The number of hydrogen-bond acceptors (Lipinski definition) is 3. The van der Waals surface area contributed by atoms with Gasteiger partial charge >= 0.3 is 0 Å². The molecule has 1 atom stereocenters. The van der Waals surface area contributed by atoms with Crippen LogP contribution in [0.2, 0.25) is 0 Å². The summed E-state index contributed by atoms with van der Waals surface area (Å²) in [5, 5.41) is 0. The lowest BCUT2D eigenvalue weighted by Crippen LogP contribution is -2.45. The van der Waals surface area contributed by atoms with E-state index in [0.29, 0.717) is 5.78 Å². The molecule has 2 aliphatic heterocycles. The molecule has 20 heavy (non-hydrogen) atoms. The Labute approximate surface area is 123 Å². The lowest BCUT2D eigenvalue weighted by Gasteiger charge is -2.43. The van der Waals surface area contributed by atoms with Crippen molar-refractivity contribution in [3.05, 3.63) is 0 Å². The molecule has 0 amide bonds. The van der Waals surface area contributed by atoms with Crippen LogP contribution in [0.25, 0.3) is 0 Å². The maximum Gasteiger partial charge on any atom is 0.136 e. The third kappa shape index (κ3) is 4.56. The fraction of sp³-hybridized carbons (Fsp3) is 0.941. The molecule has 0 aromatic heterocycles. The number of carbonyl (C=O) groups excluding carboxylic acids is 1. The third-order valence-electron chi connectivity index (χ3n) is 4.88. The summed E-state index contributed by atoms with van der Waals surface area (Å²) in [5.74, 6) is 0.726. The van der Waals surface area contributed by atoms with Crippen LogP contribution in [-0.4, -0.2) is 31.2 Å². The van der Waals surface area contributed by atoms with Crippen LogP contribution in [0.1, 0.15) is 71.1 Å². The van der Waals surface area contributed by atoms with Crippen molar-refractivity contribution >= 4 is 5.78 Å². The van der Waals surface area contributed by atoms with Crippen LogP contribution in [0.3, 0.4) is 0 Å². The van der Waals surface area contributed by atoms with E-state index in [-0.39, 0.29) is 11.5 Å². The SMILES string of the molecule is CCCCCCCC(=O)C1CCOC2(CCOCC2)C1. The number of ether oxygens (including phenoxy) is 2. The van der Waals surface area contributed by atoms with Gasteiger partial charge in [0.1, 0.15) is 5.78 Å². The second-order valence-corrected chi connectivity index (χ2v) is 6.46. The average molecular weight is 282 g/mol. The minimum Gasteiger partial charge on any atom is -0.381 e. The topological polar surface area (TPSA) is 35.5 Å². The van der Waals surface area contributed by atoms with Gasteiger partial charge in [0.2, 0.25) is 0 Å². The summed E-state index contributed by atoms with van der Waals surface area (Å²) < 4.78 is 11.4. The molecule has 0 radical (unpaired) electrons. The quantitative estimate of drug-likeness (QED) is 0.664. The van der Waals surface area contributed by atoms with E-state index in [4.69, 9.17) is 9.47 Å². The number of Topliss-reactive ketones (excluding diaryl/α,β-unsaturated/α-hetero) is 1. The summed E-state index contributed by atoms with van der Waals surface area (Å²) in [5.41, 5.74) is -0.0426. The molecule has 2 saturated heterocycles. The maximum absolute atomic E-state index is 12.4. The zero-order valence-corrected chi connectivity index (χ0v) is 13.0. The summed E-state index contributed by atoms with van der Waals surface area (Å²) in [6.45, 7) is 4.56. The molecule has 2 heterocycles. The molecule has 0 aromatic carbocycles. The zero-order valence-electron chi connectivity index (χ0n) is 13.0. The van der Waals surface area contributed by atoms with Crippen LogP contribution in [-0.2, 0) is 14.3 Å². The van der Waals surface area contributed by atoms with Crippen LogP contribution >= 0.6 is 0 Å². The second-order valence-electron chi connectivity index (χ2n) is 6.46. The van der Waals surface area contributed by atoms with Crippen molar-refractivity contribution in [3.63, 3.8) is 0 Å². The first-order valence-corrected chi connectivity index (χ1v) is 8.50. The first-order valence-electron chi connectivity index (χ1n) is 8.50. The van der Waals surface area contributed by atoms with Crippen molar-refractivity contribution in [2.45, 2.75) is 76.7 Å². The molecular formula is C17H30O3. The van der Waals surface area contributed by atoms with Gasteiger partial charge in [-0.15, -0.1) is 0 Å². The molecule has 1 unspecified atom stereocenters. The second kappa shape index (κ2) is 8.14. The Balaban J connectivity index is 1.72. The summed E-state index contributed by atoms with van der Waals surface area (Å²) in [7, 11) is 0. The van der Waals surface area contributed by atoms with Crippen LogP contribution in [0.15, 0.2) is 0 Å². The Bertz CT molecular complexity index is 289. The number of hydrogen-bond donors (Lipinski definition) is 0. The standard InChI is InChI=1S/C17H30O3/c1-2-3-4-5-6-7-16(18)15-8-11-20-17(14-15)9-12-19-13-10-17/h15H,2-14H2,1H3. The van der Waals surface area contributed by atoms with E-state index in [1.807, 2.05) is 0 Å². The highest BCUT2D eigenvalue weighted by atomic mass is 16.5. The van der Waals surface area contributed by atoms with Gasteiger partial charge in [-0.1, -0.05) is 32.6 Å². The Morgan fingerprint density at radius 1 is 1.10 bits per heavy atom. The van der Waals surface area contributed by atoms with Crippen molar-refractivity contribution in [1.29, 1.82) is 0 Å². The molecule has 0 saturated carbocycles. The fourth-order valence-corrected chi connectivity index (χ4v) is 3.50. The van der Waals surface area contributed by atoms with Crippen molar-refractivity contribution in [1.82, 2.24) is 0 Å². The molecule has 0 bridgehead atoms. The first-order chi connectivity index (χ1) is 9.76. The number of rotatable bonds is 7. The minimum atomic E-state index is -0.0426. The van der Waals surface area contributed by atoms with E-state index >= 15 is 0 Å². The summed E-state index contributed by atoms with van der Waals surface area (Å²) in [6.07, 6.45) is 10.7. The summed E-state index contributed by atoms with van der Waals surface area (Å²) in [6, 6.07) is 0. The van der Waals surface area contributed by atoms with Gasteiger partial charge in [0.25, 0.3) is 0 Å². The largest absolute Gasteiger partial charge is 0.381 e. The van der Waals surface area contributed by atoms with Gasteiger partial charge in [0.15, 0.2) is 0 Å². The number of carbonyl (C=O) groups is 1. The van der Waals surface area contributed by atoms with E-state index in [9.17, 15) is 4.79 Å². The van der Waals surface area contributed by atoms with Crippen molar-refractivity contribution < 1.29 is 14.3 Å². The fourth-order valence-electron chi connectivity index (χ4n) is 3.50. The Morgan fingerprint density at radius 3 is 2.60 bits per heavy atom. The zero-order chi connectivity index (χ0) is 14.3. The van der Waals surface area contributed by atoms with Gasteiger partial charge in [0, 0.05) is 32.2 Å². The van der Waals surface area contributed by atoms with E-state index in [0.717, 1.165) is 58.3 Å². The molecule has 3 nitrogen and oxygen atoms in total. The van der Waals surface area contributed by atoms with Crippen LogP contribution in [0.4, 0.5) is 0 Å². The smallest absolute Gasteiger partial charge is 0.136 e. The van der Waals surface area contributed by atoms with Gasteiger partial charge in [-0.2, -0.15) is 0 Å². The Morgan fingerprint density at radius 2 is 1.85 bits per heavy atom. The average Bonchev–Trinajstić information content (AvgIpc) is 2.48. The summed E-state index contributed by atoms with van der Waals surface area (Å²) >= 11 is 0. The molecule has 116 valence electrons. The minimum absolute atomic E-state index is 0.0426. The van der Waals surface area contributed by atoms with Gasteiger partial charge in [-0.05, 0) is 32.1 Å². The normalized spacial score (nSPS) is 25.8. The summed E-state index contributed by atoms with van der Waals surface area (Å²) in [4.78, 5) is 12.4. The molecule has 3 heteroatoms. The van der Waals surface area contributed by atoms with Crippen molar-refractivity contribution in [2.75, 3.05) is 19.8 Å². The van der Waals surface area contributed by atoms with E-state index in [2.05, 4.69) is 6.92 Å². The van der Waals surface area contributed by atoms with Gasteiger partial charge in [-0.3, -0.25) is 4.79 Å². The van der Waals surface area contributed by atoms with Crippen molar-refractivity contribution in [2.24, 2.45) is 5.92 Å². The Kier molecular flexibility index (Phi) is 6.50. The maximum atomic E-state index is 12.4. The molecular weight excluding hydrogens is 252 g/mol. The van der Waals surface area contributed by atoms with E-state index < -0.39 is 0 Å². The predicted octanol–water partition coefficient (Wildman–Crippen LogP) is 3.89. The highest BCUT2D eigenvalue weighted by Gasteiger charge is 2.40. The molecule has 0 aliphatic carbocycles. The monoisotopic (exact) mass is 282 g/mol. The third-order valence-corrected chi connectivity index (χ3v) is 4.88. The molecule has 2 rings (SSSR count). The van der Waals surface area contributed by atoms with Crippen molar-refractivity contribution in [3.8, 4) is 0 Å². The first kappa shape index (κ1) is 16.0. The van der Waals surface area contributed by atoms with E-state index in [1.165, 1.54) is 25.7 Å². The lowest BCUT2D eigenvalue weighted by atomic mass is 9.78. The van der Waals surface area contributed by atoms with Gasteiger partial charge in [-0.25, -0.2) is 0 Å². The van der Waals surface area contributed by atoms with Gasteiger partial charge in [0.05, 0.1) is 5.60 Å². The van der Waals surface area contributed by atoms with Gasteiger partial charge < -0.3 is 9.47 Å². The highest BCUT2D eigenvalue weighted by molar-refractivity contribution is 5.81. The van der Waals surface area contributed by atoms with E-state index in [1.54, 1.807) is 0 Å². The predicted molar refractivity (Wildman–Crippen MR) is 79.8 cm³/mol. The molecule has 2 fully saturated rings. The molecule has 2 aliphatic rings. The number of unbranched alkanes of at least 4 members (excludes halogenated alkanes) is 4. The highest BCUT2D eigenvalue weighted by Crippen LogP contribution is 2.37. The van der Waals surface area contributed by atoms with Crippen LogP contribution < -0.4 is 0 Å². The molecule has 0 N–H and O–H groups in total. The Hall–Kier alpha value is -0.410. The molecule has 0 aromatic rings. The lowest BCUT2D eigenvalue weighted by molar-refractivity contribution is -0.157. The number of ketones is 1. The van der Waals surface area contributed by atoms with Crippen LogP contribution in [0, 0.1) is 5.92 Å².